The molecule has 0 fully saturated rings. The van der Waals surface area contributed by atoms with Crippen LogP contribution in [0.1, 0.15) is 45.1 Å². The van der Waals surface area contributed by atoms with E-state index in [4.69, 9.17) is 0 Å². The quantitative estimate of drug-likeness (QED) is 0.758. The number of Topliss-reactive ketones (excluding diaryl/α,β-unsaturated/α-hetero) is 1. The lowest BCUT2D eigenvalue weighted by atomic mass is 9.87. The van der Waals surface area contributed by atoms with Crippen LogP contribution in [0, 0.1) is 0 Å². The summed E-state index contributed by atoms with van der Waals surface area (Å²) in [7, 11) is 0. The number of unbranched alkanes of at least 4 members (excludes halogenated alkanes) is 1. The van der Waals surface area contributed by atoms with Gasteiger partial charge in [-0.1, -0.05) is 43.7 Å². The molecule has 19 heavy (non-hydrogen) atoms. The largest absolute Gasteiger partial charge is 0.390 e. The van der Waals surface area contributed by atoms with E-state index in [1.54, 1.807) is 0 Å². The van der Waals surface area contributed by atoms with E-state index in [0.717, 1.165) is 18.4 Å². The number of carbonyl (C=O) groups is 1. The Balaban J connectivity index is 2.51. The average Bonchev–Trinajstić information content (AvgIpc) is 2.42. The molecule has 2 atom stereocenters. The maximum Gasteiger partial charge on any atom is 0.166 e. The van der Waals surface area contributed by atoms with Gasteiger partial charge in [0, 0.05) is 6.42 Å². The Morgan fingerprint density at radius 3 is 2.53 bits per heavy atom. The predicted molar refractivity (Wildman–Crippen MR) is 75.9 cm³/mol. The van der Waals surface area contributed by atoms with Crippen molar-refractivity contribution in [3.8, 4) is 0 Å². The molecule has 0 radical (unpaired) electrons. The summed E-state index contributed by atoms with van der Waals surface area (Å²) in [4.78, 5) is 11.9. The highest BCUT2D eigenvalue weighted by Crippen LogP contribution is 2.19. The van der Waals surface area contributed by atoms with Gasteiger partial charge >= 0.3 is 0 Å². The van der Waals surface area contributed by atoms with Gasteiger partial charge in [-0.05, 0) is 31.7 Å². The minimum Gasteiger partial charge on any atom is -0.390 e. The van der Waals surface area contributed by atoms with Crippen LogP contribution in [0.2, 0.25) is 0 Å². The van der Waals surface area contributed by atoms with E-state index >= 15 is 0 Å². The minimum absolute atomic E-state index is 0.269. The number of benzene rings is 1. The van der Waals surface area contributed by atoms with Gasteiger partial charge in [0.05, 0.1) is 6.10 Å². The second-order valence-electron chi connectivity index (χ2n) is 5.21. The lowest BCUT2D eigenvalue weighted by Crippen LogP contribution is -2.47. The Bertz CT molecular complexity index is 384. The summed E-state index contributed by atoms with van der Waals surface area (Å²) in [5.74, 6) is -0.269. The molecule has 1 aromatic carbocycles. The molecule has 1 rings (SSSR count). The van der Waals surface area contributed by atoms with E-state index in [0.29, 0.717) is 19.3 Å². The highest BCUT2D eigenvalue weighted by Gasteiger charge is 2.36. The normalized spacial score (nSPS) is 15.8. The summed E-state index contributed by atoms with van der Waals surface area (Å²) in [6.45, 7) is 3.41. The highest BCUT2D eigenvalue weighted by atomic mass is 16.3. The number of rotatable bonds is 8. The molecule has 3 heteroatoms. The number of aryl methyl sites for hydroxylation is 1. The number of hydrogen-bond donors (Lipinski definition) is 2. The summed E-state index contributed by atoms with van der Waals surface area (Å²) in [5, 5.41) is 20.2. The molecular formula is C16H24O3. The fourth-order valence-electron chi connectivity index (χ4n) is 2.01. The van der Waals surface area contributed by atoms with Crippen LogP contribution in [0.5, 0.6) is 0 Å². The smallest absolute Gasteiger partial charge is 0.166 e. The summed E-state index contributed by atoms with van der Waals surface area (Å²) < 4.78 is 0. The van der Waals surface area contributed by atoms with E-state index in [-0.39, 0.29) is 5.78 Å². The van der Waals surface area contributed by atoms with Crippen LogP contribution in [0.15, 0.2) is 30.3 Å². The van der Waals surface area contributed by atoms with Gasteiger partial charge in [0.15, 0.2) is 5.78 Å². The van der Waals surface area contributed by atoms with Crippen LogP contribution < -0.4 is 0 Å². The number of hydrogen-bond acceptors (Lipinski definition) is 3. The monoisotopic (exact) mass is 264 g/mol. The Morgan fingerprint density at radius 1 is 1.32 bits per heavy atom. The fourth-order valence-corrected chi connectivity index (χ4v) is 2.01. The van der Waals surface area contributed by atoms with Crippen molar-refractivity contribution in [2.24, 2.45) is 0 Å². The molecule has 0 aliphatic carbocycles. The van der Waals surface area contributed by atoms with Crippen molar-refractivity contribution in [2.45, 2.75) is 57.7 Å². The molecule has 3 nitrogen and oxygen atoms in total. The van der Waals surface area contributed by atoms with Gasteiger partial charge in [0.25, 0.3) is 0 Å². The van der Waals surface area contributed by atoms with E-state index in [9.17, 15) is 15.0 Å². The first-order chi connectivity index (χ1) is 8.98. The number of carbonyl (C=O) groups excluding carboxylic acids is 1. The van der Waals surface area contributed by atoms with E-state index < -0.39 is 11.7 Å². The fraction of sp³-hybridized carbons (Fsp3) is 0.562. The Labute approximate surface area is 115 Å². The summed E-state index contributed by atoms with van der Waals surface area (Å²) in [5.41, 5.74) is -0.539. The first kappa shape index (κ1) is 15.9. The molecule has 0 saturated carbocycles. The van der Waals surface area contributed by atoms with Gasteiger partial charge in [-0.15, -0.1) is 0 Å². The number of aliphatic hydroxyl groups is 2. The molecule has 0 unspecified atom stereocenters. The standard InChI is InChI=1S/C16H24O3/c1-3-4-10-14(17)16(2,19)15(18)12-11-13-8-6-5-7-9-13/h5-9,15,18-19H,3-4,10-12H2,1-2H3/t15-,16+/m0/s1. The van der Waals surface area contributed by atoms with Crippen molar-refractivity contribution in [3.63, 3.8) is 0 Å². The van der Waals surface area contributed by atoms with Gasteiger partial charge in [-0.2, -0.15) is 0 Å². The maximum atomic E-state index is 11.9. The Morgan fingerprint density at radius 2 is 1.95 bits per heavy atom. The topological polar surface area (TPSA) is 57.5 Å². The lowest BCUT2D eigenvalue weighted by Gasteiger charge is -2.27. The van der Waals surface area contributed by atoms with E-state index in [1.165, 1.54) is 6.92 Å². The van der Waals surface area contributed by atoms with Crippen LogP contribution >= 0.6 is 0 Å². The molecule has 0 aromatic heterocycles. The van der Waals surface area contributed by atoms with Crippen LogP contribution in [0.3, 0.4) is 0 Å². The van der Waals surface area contributed by atoms with Crippen molar-refractivity contribution in [1.82, 2.24) is 0 Å². The predicted octanol–water partition coefficient (Wildman–Crippen LogP) is 2.49. The molecule has 0 spiro atoms. The Hall–Kier alpha value is -1.19. The lowest BCUT2D eigenvalue weighted by molar-refractivity contribution is -0.148. The SMILES string of the molecule is CCCCC(=O)[C@@](C)(O)[C@@H](O)CCc1ccccc1. The molecule has 0 saturated heterocycles. The van der Waals surface area contributed by atoms with Gasteiger partial charge < -0.3 is 10.2 Å². The van der Waals surface area contributed by atoms with Crippen LogP contribution in [-0.2, 0) is 11.2 Å². The summed E-state index contributed by atoms with van der Waals surface area (Å²) >= 11 is 0. The molecule has 2 N–H and O–H groups in total. The molecule has 0 heterocycles. The van der Waals surface area contributed by atoms with Crippen molar-refractivity contribution in [1.29, 1.82) is 0 Å². The average molecular weight is 264 g/mol. The maximum absolute atomic E-state index is 11.9. The molecule has 0 aliphatic rings. The molecule has 106 valence electrons. The van der Waals surface area contributed by atoms with Gasteiger partial charge in [0.1, 0.15) is 5.60 Å². The van der Waals surface area contributed by atoms with Crippen molar-refractivity contribution < 1.29 is 15.0 Å². The third kappa shape index (κ3) is 4.77. The van der Waals surface area contributed by atoms with Crippen LogP contribution in [-0.4, -0.2) is 27.7 Å². The molecule has 0 bridgehead atoms. The van der Waals surface area contributed by atoms with Gasteiger partial charge in [0.2, 0.25) is 0 Å². The van der Waals surface area contributed by atoms with Gasteiger partial charge in [-0.25, -0.2) is 0 Å². The van der Waals surface area contributed by atoms with Gasteiger partial charge in [-0.3, -0.25) is 4.79 Å². The van der Waals surface area contributed by atoms with Crippen molar-refractivity contribution >= 4 is 5.78 Å². The first-order valence-electron chi connectivity index (χ1n) is 6.96. The summed E-state index contributed by atoms with van der Waals surface area (Å²) in [6, 6.07) is 9.75. The first-order valence-corrected chi connectivity index (χ1v) is 6.96. The zero-order chi connectivity index (χ0) is 14.3. The third-order valence-corrected chi connectivity index (χ3v) is 3.52. The molecule has 1 aromatic rings. The minimum atomic E-state index is -1.63. The second-order valence-corrected chi connectivity index (χ2v) is 5.21. The zero-order valence-electron chi connectivity index (χ0n) is 11.8. The molecule has 0 amide bonds. The zero-order valence-corrected chi connectivity index (χ0v) is 11.8. The number of ketones is 1. The van der Waals surface area contributed by atoms with E-state index in [1.807, 2.05) is 37.3 Å². The Kier molecular flexibility index (Phi) is 6.19. The molecular weight excluding hydrogens is 240 g/mol. The van der Waals surface area contributed by atoms with Crippen molar-refractivity contribution in [2.75, 3.05) is 0 Å². The second kappa shape index (κ2) is 7.41. The van der Waals surface area contributed by atoms with Crippen LogP contribution in [0.4, 0.5) is 0 Å². The van der Waals surface area contributed by atoms with Crippen molar-refractivity contribution in [3.05, 3.63) is 35.9 Å². The van der Waals surface area contributed by atoms with E-state index in [2.05, 4.69) is 0 Å². The highest BCUT2D eigenvalue weighted by molar-refractivity contribution is 5.87. The van der Waals surface area contributed by atoms with Crippen LogP contribution in [0.25, 0.3) is 0 Å². The third-order valence-electron chi connectivity index (χ3n) is 3.52. The summed E-state index contributed by atoms with van der Waals surface area (Å²) in [6.07, 6.45) is 2.00. The molecule has 0 aliphatic heterocycles. The number of aliphatic hydroxyl groups excluding tert-OH is 1.